The minimum absolute atomic E-state index is 0. The Bertz CT molecular complexity index is 382. The third-order valence-electron chi connectivity index (χ3n) is 2.76. The number of hydrogen-bond acceptors (Lipinski definition) is 2. The second kappa shape index (κ2) is 10.0. The van der Waals surface area contributed by atoms with Gasteiger partial charge < -0.3 is 4.89 Å². The Kier molecular flexibility index (Phi) is 14.6. The molecular weight excluding hydrogens is 373 g/mol. The monoisotopic (exact) mass is 395 g/mol. The van der Waals surface area contributed by atoms with Crippen LogP contribution in [0.2, 0.25) is 0 Å². The molecule has 0 heterocycles. The first-order chi connectivity index (χ1) is 7.03. The number of hydrogen-bond donors (Lipinski definition) is 0. The van der Waals surface area contributed by atoms with E-state index >= 15 is 0 Å². The Morgan fingerprint density at radius 3 is 1.70 bits per heavy atom. The van der Waals surface area contributed by atoms with Gasteiger partial charge >= 0.3 is 0 Å². The molecule has 0 aliphatic heterocycles. The van der Waals surface area contributed by atoms with Gasteiger partial charge in [-0.2, -0.15) is 5.57 Å². The molecule has 0 aromatic rings. The van der Waals surface area contributed by atoms with Crippen molar-refractivity contribution in [3.63, 3.8) is 0 Å². The smallest absolute Gasteiger partial charge is 0.258 e. The molecule has 0 N–H and O–H groups in total. The van der Waals surface area contributed by atoms with Crippen LogP contribution in [0.15, 0.2) is 17.0 Å². The molecule has 0 saturated heterocycles. The SMILES string of the molecule is CC(C)(C)C1=[C-]C(C(C)(C)C)C=C1[P+](=O)[O-].Cl.Cl.Cl.[Ti]. The van der Waals surface area contributed by atoms with E-state index in [2.05, 4.69) is 26.8 Å². The first kappa shape index (κ1) is 29.2. The molecule has 1 rings (SSSR count). The minimum atomic E-state index is -2.52. The Labute approximate surface area is 157 Å². The Morgan fingerprint density at radius 1 is 1.10 bits per heavy atom. The van der Waals surface area contributed by atoms with Gasteiger partial charge in [0, 0.05) is 27.0 Å². The summed E-state index contributed by atoms with van der Waals surface area (Å²) in [6, 6.07) is 0. The van der Waals surface area contributed by atoms with E-state index in [9.17, 15) is 9.46 Å². The van der Waals surface area contributed by atoms with Crippen molar-refractivity contribution in [2.45, 2.75) is 41.5 Å². The molecule has 2 nitrogen and oxygen atoms in total. The van der Waals surface area contributed by atoms with Crippen molar-refractivity contribution >= 4 is 45.2 Å². The van der Waals surface area contributed by atoms with E-state index in [0.29, 0.717) is 5.31 Å². The van der Waals surface area contributed by atoms with Crippen LogP contribution in [-0.2, 0) is 26.3 Å². The fraction of sp³-hybridized carbons (Fsp3) is 0.692. The second-order valence-electron chi connectivity index (χ2n) is 6.42. The van der Waals surface area contributed by atoms with Crippen molar-refractivity contribution in [1.29, 1.82) is 0 Å². The van der Waals surface area contributed by atoms with Crippen LogP contribution >= 0.6 is 45.2 Å². The molecule has 2 unspecified atom stereocenters. The largest absolute Gasteiger partial charge is 0.606 e. The summed E-state index contributed by atoms with van der Waals surface area (Å²) < 4.78 is 11.2. The molecule has 1 aliphatic rings. The van der Waals surface area contributed by atoms with Gasteiger partial charge in [0.2, 0.25) is 0 Å². The van der Waals surface area contributed by atoms with Crippen LogP contribution in [0.25, 0.3) is 0 Å². The van der Waals surface area contributed by atoms with E-state index in [1.54, 1.807) is 0 Å². The predicted octanol–water partition coefficient (Wildman–Crippen LogP) is 4.69. The standard InChI is InChI=1S/C13H20O2P.3ClH.Ti/c1-12(2,3)9-7-10(13(4,5)6)11(8-9)16(14)15;;;;/h8-9H,1-6H3;3*1H;/q-1;;;;. The average Bonchev–Trinajstić information content (AvgIpc) is 2.44. The molecule has 2 atom stereocenters. The number of rotatable bonds is 1. The summed E-state index contributed by atoms with van der Waals surface area (Å²) in [4.78, 5) is 11.2. The average molecular weight is 397 g/mol. The van der Waals surface area contributed by atoms with Crippen molar-refractivity contribution in [2.24, 2.45) is 16.7 Å². The normalized spacial score (nSPS) is 18.4. The molecule has 0 fully saturated rings. The van der Waals surface area contributed by atoms with E-state index in [1.807, 2.05) is 26.8 Å². The Balaban J connectivity index is -0.000000320. The summed E-state index contributed by atoms with van der Waals surface area (Å²) in [5.74, 6) is 0.0876. The van der Waals surface area contributed by atoms with E-state index in [-0.39, 0.29) is 75.7 Å². The summed E-state index contributed by atoms with van der Waals surface area (Å²) in [7, 11) is -2.52. The van der Waals surface area contributed by atoms with Gasteiger partial charge in [-0.25, -0.2) is 0 Å². The van der Waals surface area contributed by atoms with Gasteiger partial charge in [-0.1, -0.05) is 52.0 Å². The van der Waals surface area contributed by atoms with Gasteiger partial charge in [0.15, 0.2) is 0 Å². The molecule has 1 aliphatic carbocycles. The van der Waals surface area contributed by atoms with E-state index in [4.69, 9.17) is 0 Å². The molecule has 0 aromatic carbocycles. The fourth-order valence-corrected chi connectivity index (χ4v) is 2.59. The zero-order valence-corrected chi connectivity index (χ0v) is 17.5. The summed E-state index contributed by atoms with van der Waals surface area (Å²) >= 11 is 0. The van der Waals surface area contributed by atoms with Gasteiger partial charge in [-0.3, -0.25) is 6.08 Å². The summed E-state index contributed by atoms with van der Waals surface area (Å²) in [5.41, 5.74) is 0.689. The minimum Gasteiger partial charge on any atom is -0.606 e. The van der Waals surface area contributed by atoms with Crippen molar-refractivity contribution in [1.82, 2.24) is 0 Å². The van der Waals surface area contributed by atoms with Crippen LogP contribution in [0.1, 0.15) is 41.5 Å². The molecule has 0 radical (unpaired) electrons. The van der Waals surface area contributed by atoms with E-state index in [0.717, 1.165) is 5.57 Å². The molecule has 0 saturated carbocycles. The molecule has 7 heteroatoms. The summed E-state index contributed by atoms with van der Waals surface area (Å²) in [6.45, 7) is 12.4. The summed E-state index contributed by atoms with van der Waals surface area (Å²) in [6.07, 6.45) is 5.18. The first-order valence-electron chi connectivity index (χ1n) is 5.54. The molecule has 0 bridgehead atoms. The number of halogens is 3. The van der Waals surface area contributed by atoms with Gasteiger partial charge in [-0.15, -0.1) is 43.3 Å². The van der Waals surface area contributed by atoms with Gasteiger partial charge in [0.25, 0.3) is 8.03 Å². The molecular formula is C13H23Cl3O2PTi-. The summed E-state index contributed by atoms with van der Waals surface area (Å²) in [5, 5.41) is 0.461. The van der Waals surface area contributed by atoms with Crippen LogP contribution in [0.5, 0.6) is 0 Å². The third-order valence-corrected chi connectivity index (χ3v) is 3.53. The van der Waals surface area contributed by atoms with Crippen LogP contribution < -0.4 is 4.89 Å². The quantitative estimate of drug-likeness (QED) is 0.367. The van der Waals surface area contributed by atoms with Crippen LogP contribution in [0, 0.1) is 22.8 Å². The Hall–Kier alpha value is 1.12. The number of allylic oxidation sites excluding steroid dienone is 4. The van der Waals surface area contributed by atoms with Crippen molar-refractivity contribution in [3.05, 3.63) is 23.0 Å². The van der Waals surface area contributed by atoms with Gasteiger partial charge in [0.1, 0.15) is 0 Å². The third kappa shape index (κ3) is 7.41. The molecule has 118 valence electrons. The molecule has 0 spiro atoms. The fourth-order valence-electron chi connectivity index (χ4n) is 1.73. The van der Waals surface area contributed by atoms with Gasteiger partial charge in [0.05, 0.1) is 0 Å². The molecule has 0 aromatic heterocycles. The second-order valence-corrected chi connectivity index (χ2v) is 7.42. The maximum Gasteiger partial charge on any atom is 0.258 e. The first-order valence-corrected chi connectivity index (χ1v) is 6.72. The zero-order chi connectivity index (χ0) is 12.7. The van der Waals surface area contributed by atoms with Crippen LogP contribution in [0.3, 0.4) is 0 Å². The topological polar surface area (TPSA) is 40.1 Å². The van der Waals surface area contributed by atoms with Crippen LogP contribution in [0.4, 0.5) is 0 Å². The Morgan fingerprint density at radius 2 is 1.50 bits per heavy atom. The van der Waals surface area contributed by atoms with Gasteiger partial charge in [-0.05, 0) is 10.8 Å². The van der Waals surface area contributed by atoms with E-state index < -0.39 is 8.03 Å². The van der Waals surface area contributed by atoms with Crippen molar-refractivity contribution < 1.29 is 31.2 Å². The predicted molar refractivity (Wildman–Crippen MR) is 86.6 cm³/mol. The zero-order valence-electron chi connectivity index (χ0n) is 12.6. The maximum absolute atomic E-state index is 11.2. The molecule has 20 heavy (non-hydrogen) atoms. The van der Waals surface area contributed by atoms with Crippen molar-refractivity contribution in [3.8, 4) is 0 Å². The maximum atomic E-state index is 11.2. The molecule has 0 amide bonds. The van der Waals surface area contributed by atoms with Crippen LogP contribution in [-0.4, -0.2) is 0 Å². The van der Waals surface area contributed by atoms with E-state index in [1.165, 1.54) is 0 Å². The van der Waals surface area contributed by atoms with Crippen molar-refractivity contribution in [2.75, 3.05) is 0 Å².